The lowest BCUT2D eigenvalue weighted by atomic mass is 9.59. The van der Waals surface area contributed by atoms with E-state index in [1.54, 1.807) is 0 Å². The second-order valence-corrected chi connectivity index (χ2v) is 15.0. The molecule has 1 aromatic rings. The molecule has 1 heterocycles. The van der Waals surface area contributed by atoms with E-state index in [-0.39, 0.29) is 10.5 Å². The average Bonchev–Trinajstić information content (AvgIpc) is 2.79. The zero-order chi connectivity index (χ0) is 18.1. The molecule has 0 fully saturated rings. The van der Waals surface area contributed by atoms with Crippen molar-refractivity contribution in [2.45, 2.75) is 85.0 Å². The molecule has 2 aliphatic carbocycles. The summed E-state index contributed by atoms with van der Waals surface area (Å²) in [6.07, 6.45) is 5.09. The van der Waals surface area contributed by atoms with Gasteiger partial charge in [-0.3, -0.25) is 0 Å². The first kappa shape index (κ1) is 18.0. The number of fused-ring (bicyclic) bond motifs is 2. The first-order valence-corrected chi connectivity index (χ1v) is 12.4. The summed E-state index contributed by atoms with van der Waals surface area (Å²) in [5.41, 5.74) is 3.58. The molecular formula is C21H34O2Si. The molecule has 0 radical (unpaired) electrons. The highest BCUT2D eigenvalue weighted by atomic mass is 28.3. The van der Waals surface area contributed by atoms with Gasteiger partial charge in [0.05, 0.1) is 11.5 Å². The molecule has 3 rings (SSSR count). The van der Waals surface area contributed by atoms with Crippen molar-refractivity contribution >= 4 is 13.5 Å². The lowest BCUT2D eigenvalue weighted by Gasteiger charge is -2.47. The Morgan fingerprint density at radius 3 is 2.50 bits per heavy atom. The van der Waals surface area contributed by atoms with Crippen molar-refractivity contribution in [3.63, 3.8) is 0 Å². The van der Waals surface area contributed by atoms with Crippen molar-refractivity contribution in [3.8, 4) is 0 Å². The normalized spacial score (nSPS) is 30.6. The minimum atomic E-state index is -1.76. The highest BCUT2D eigenvalue weighted by Gasteiger charge is 2.51. The van der Waals surface area contributed by atoms with E-state index in [1.807, 2.05) is 0 Å². The number of rotatable bonds is 1. The zero-order valence-electron chi connectivity index (χ0n) is 16.7. The Labute approximate surface area is 148 Å². The Balaban J connectivity index is 2.17. The van der Waals surface area contributed by atoms with Gasteiger partial charge in [-0.05, 0) is 36.3 Å². The van der Waals surface area contributed by atoms with Crippen LogP contribution in [0.2, 0.25) is 18.1 Å². The Kier molecular flexibility index (Phi) is 4.01. The summed E-state index contributed by atoms with van der Waals surface area (Å²) < 4.78 is 6.49. The highest BCUT2D eigenvalue weighted by Crippen LogP contribution is 2.56. The van der Waals surface area contributed by atoms with E-state index in [9.17, 15) is 5.11 Å². The Morgan fingerprint density at radius 2 is 1.92 bits per heavy atom. The van der Waals surface area contributed by atoms with Crippen LogP contribution in [0.1, 0.15) is 70.5 Å². The first-order chi connectivity index (χ1) is 10.9. The third kappa shape index (κ3) is 2.24. The molecule has 0 saturated heterocycles. The molecule has 0 aromatic carbocycles. The van der Waals surface area contributed by atoms with Crippen LogP contribution < -0.4 is 5.38 Å². The molecule has 1 aromatic heterocycles. The fourth-order valence-electron chi connectivity index (χ4n) is 4.54. The number of furan rings is 1. The average molecular weight is 347 g/mol. The van der Waals surface area contributed by atoms with Crippen molar-refractivity contribution in [2.24, 2.45) is 11.3 Å². The van der Waals surface area contributed by atoms with E-state index in [0.717, 1.165) is 24.2 Å². The van der Waals surface area contributed by atoms with Gasteiger partial charge in [0.15, 0.2) is 0 Å². The van der Waals surface area contributed by atoms with Gasteiger partial charge in [-0.2, -0.15) is 0 Å². The van der Waals surface area contributed by atoms with Crippen LogP contribution in [0.5, 0.6) is 0 Å². The van der Waals surface area contributed by atoms with Gasteiger partial charge < -0.3 is 9.52 Å². The molecule has 24 heavy (non-hydrogen) atoms. The van der Waals surface area contributed by atoms with Crippen molar-refractivity contribution in [2.75, 3.05) is 0 Å². The molecule has 2 nitrogen and oxygen atoms in total. The van der Waals surface area contributed by atoms with Gasteiger partial charge in [-0.25, -0.2) is 0 Å². The maximum absolute atomic E-state index is 11.4. The Morgan fingerprint density at radius 1 is 1.29 bits per heavy atom. The van der Waals surface area contributed by atoms with Crippen LogP contribution in [-0.4, -0.2) is 13.2 Å². The number of aliphatic hydroxyl groups is 1. The van der Waals surface area contributed by atoms with Crippen LogP contribution in [0, 0.1) is 18.3 Å². The maximum atomic E-state index is 11.4. The molecule has 134 valence electrons. The topological polar surface area (TPSA) is 33.4 Å². The van der Waals surface area contributed by atoms with Gasteiger partial charge in [0, 0.05) is 17.4 Å². The Hall–Kier alpha value is -0.803. The van der Waals surface area contributed by atoms with Gasteiger partial charge in [0.1, 0.15) is 13.8 Å². The van der Waals surface area contributed by atoms with Crippen LogP contribution in [0.4, 0.5) is 0 Å². The summed E-state index contributed by atoms with van der Waals surface area (Å²) in [5, 5.41) is 12.8. The second kappa shape index (κ2) is 5.34. The summed E-state index contributed by atoms with van der Waals surface area (Å²) >= 11 is 0. The molecule has 0 aliphatic heterocycles. The first-order valence-electron chi connectivity index (χ1n) is 9.42. The highest BCUT2D eigenvalue weighted by molar-refractivity contribution is 6.91. The molecule has 2 aliphatic rings. The van der Waals surface area contributed by atoms with Gasteiger partial charge in [0.25, 0.3) is 0 Å². The third-order valence-electron chi connectivity index (χ3n) is 7.61. The lowest BCUT2D eigenvalue weighted by Crippen LogP contribution is -2.50. The standard InChI is InChI=1S/C21H34O2Si/c1-13-10-9-11-15-12-16-17(18(22)21(13,15)6)14(2)19(23-16)24(7,8)20(3,4)5/h11,13,18,22H,9-10,12H2,1-8H3/t13-,18+,21+/m0/s1. The van der Waals surface area contributed by atoms with E-state index >= 15 is 0 Å². The van der Waals surface area contributed by atoms with E-state index in [4.69, 9.17) is 4.42 Å². The van der Waals surface area contributed by atoms with Crippen molar-refractivity contribution in [1.29, 1.82) is 0 Å². The predicted molar refractivity (Wildman–Crippen MR) is 104 cm³/mol. The summed E-state index contributed by atoms with van der Waals surface area (Å²) in [7, 11) is -1.76. The van der Waals surface area contributed by atoms with Crippen molar-refractivity contribution in [3.05, 3.63) is 28.5 Å². The molecule has 0 spiro atoms. The van der Waals surface area contributed by atoms with Crippen LogP contribution in [-0.2, 0) is 6.42 Å². The molecule has 0 bridgehead atoms. The number of hydrogen-bond acceptors (Lipinski definition) is 2. The largest absolute Gasteiger partial charge is 0.470 e. The predicted octanol–water partition coefficient (Wildman–Crippen LogP) is 5.26. The SMILES string of the molecule is Cc1c([Si](C)(C)C(C)(C)C)oc2c1[C@@H](O)[C@@]1(C)C(=CCC[C@@H]1C)C2. The van der Waals surface area contributed by atoms with Gasteiger partial charge in [-0.15, -0.1) is 0 Å². The summed E-state index contributed by atoms with van der Waals surface area (Å²) in [6.45, 7) is 18.5. The van der Waals surface area contributed by atoms with Crippen LogP contribution >= 0.6 is 0 Å². The number of hydrogen-bond donors (Lipinski definition) is 1. The second-order valence-electron chi connectivity index (χ2n) is 9.84. The zero-order valence-corrected chi connectivity index (χ0v) is 17.7. The summed E-state index contributed by atoms with van der Waals surface area (Å²) in [6, 6.07) is 0. The smallest absolute Gasteiger partial charge is 0.132 e. The molecule has 1 N–H and O–H groups in total. The van der Waals surface area contributed by atoms with Gasteiger partial charge in [0.2, 0.25) is 0 Å². The van der Waals surface area contributed by atoms with Gasteiger partial charge in [-0.1, -0.05) is 59.4 Å². The summed E-state index contributed by atoms with van der Waals surface area (Å²) in [5.74, 6) is 1.53. The molecule has 0 saturated carbocycles. The Bertz CT molecular complexity index is 689. The monoisotopic (exact) mass is 346 g/mol. The third-order valence-corrected chi connectivity index (χ3v) is 13.0. The van der Waals surface area contributed by atoms with Crippen molar-refractivity contribution < 1.29 is 9.52 Å². The van der Waals surface area contributed by atoms with Crippen LogP contribution in [0.15, 0.2) is 16.1 Å². The summed E-state index contributed by atoms with van der Waals surface area (Å²) in [4.78, 5) is 0. The molecular weight excluding hydrogens is 312 g/mol. The van der Waals surface area contributed by atoms with E-state index in [1.165, 1.54) is 22.9 Å². The van der Waals surface area contributed by atoms with E-state index in [0.29, 0.717) is 5.92 Å². The van der Waals surface area contributed by atoms with Gasteiger partial charge >= 0.3 is 0 Å². The fraction of sp³-hybridized carbons (Fsp3) is 0.714. The molecule has 3 atom stereocenters. The molecule has 3 heteroatoms. The lowest BCUT2D eigenvalue weighted by molar-refractivity contribution is 0.00632. The maximum Gasteiger partial charge on any atom is 0.132 e. The van der Waals surface area contributed by atoms with Crippen LogP contribution in [0.25, 0.3) is 0 Å². The quantitative estimate of drug-likeness (QED) is 0.556. The van der Waals surface area contributed by atoms with E-state index < -0.39 is 14.2 Å². The molecule has 0 amide bonds. The number of allylic oxidation sites excluding steroid dienone is 1. The fourth-order valence-corrected chi connectivity index (χ4v) is 6.67. The van der Waals surface area contributed by atoms with E-state index in [2.05, 4.69) is 60.7 Å². The minimum Gasteiger partial charge on any atom is -0.470 e. The minimum absolute atomic E-state index is 0.134. The van der Waals surface area contributed by atoms with Crippen molar-refractivity contribution in [1.82, 2.24) is 0 Å². The molecule has 0 unspecified atom stereocenters. The van der Waals surface area contributed by atoms with Crippen LogP contribution in [0.3, 0.4) is 0 Å². The number of aliphatic hydroxyl groups excluding tert-OH is 1.